The highest BCUT2D eigenvalue weighted by molar-refractivity contribution is 9.10. The lowest BCUT2D eigenvalue weighted by atomic mass is 10.3. The fourth-order valence-electron chi connectivity index (χ4n) is 1.31. The van der Waals surface area contributed by atoms with Crippen molar-refractivity contribution >= 4 is 68.0 Å². The Kier molecular flexibility index (Phi) is 4.99. The van der Waals surface area contributed by atoms with E-state index >= 15 is 0 Å². The van der Waals surface area contributed by atoms with Crippen LogP contribution in [0.4, 0.5) is 11.5 Å². The number of thiocarbonyl (C=S) groups is 1. The molecule has 98 valence electrons. The summed E-state index contributed by atoms with van der Waals surface area (Å²) in [5.41, 5.74) is 0.681. The van der Waals surface area contributed by atoms with E-state index < -0.39 is 0 Å². The molecular formula is C12H8BrCl2N3S. The Hall–Kier alpha value is -0.880. The van der Waals surface area contributed by atoms with Crippen LogP contribution in [0.15, 0.2) is 41.0 Å². The lowest BCUT2D eigenvalue weighted by molar-refractivity contribution is 1.31. The number of hydrogen-bond donors (Lipinski definition) is 2. The van der Waals surface area contributed by atoms with Gasteiger partial charge in [0.05, 0.1) is 10.7 Å². The fraction of sp³-hybridized carbons (Fsp3) is 0. The first kappa shape index (κ1) is 14.5. The number of anilines is 2. The molecule has 2 aromatic rings. The number of aromatic nitrogens is 1. The molecule has 0 aliphatic rings. The summed E-state index contributed by atoms with van der Waals surface area (Å²) < 4.78 is 0.901. The molecule has 3 nitrogen and oxygen atoms in total. The molecule has 0 saturated heterocycles. The SMILES string of the molecule is S=C(Nc1ccc(Br)cn1)Nc1ccc(Cl)cc1Cl. The lowest BCUT2D eigenvalue weighted by Crippen LogP contribution is -2.19. The number of benzene rings is 1. The van der Waals surface area contributed by atoms with E-state index in [4.69, 9.17) is 35.4 Å². The van der Waals surface area contributed by atoms with Crippen molar-refractivity contribution in [2.75, 3.05) is 10.6 Å². The van der Waals surface area contributed by atoms with Gasteiger partial charge in [-0.25, -0.2) is 4.98 Å². The Balaban J connectivity index is 2.03. The summed E-state index contributed by atoms with van der Waals surface area (Å²) in [7, 11) is 0. The quantitative estimate of drug-likeness (QED) is 0.726. The van der Waals surface area contributed by atoms with Gasteiger partial charge in [0, 0.05) is 15.7 Å². The van der Waals surface area contributed by atoms with Crippen molar-refractivity contribution in [1.82, 2.24) is 4.98 Å². The van der Waals surface area contributed by atoms with Gasteiger partial charge in [-0.2, -0.15) is 0 Å². The summed E-state index contributed by atoms with van der Waals surface area (Å²) in [4.78, 5) is 4.16. The molecule has 1 aromatic carbocycles. The number of rotatable bonds is 2. The third kappa shape index (κ3) is 4.31. The minimum Gasteiger partial charge on any atom is -0.331 e. The second kappa shape index (κ2) is 6.52. The van der Waals surface area contributed by atoms with Crippen LogP contribution >= 0.6 is 51.3 Å². The van der Waals surface area contributed by atoms with Crippen LogP contribution in [-0.4, -0.2) is 10.1 Å². The molecule has 0 unspecified atom stereocenters. The van der Waals surface area contributed by atoms with Crippen molar-refractivity contribution in [2.24, 2.45) is 0 Å². The zero-order chi connectivity index (χ0) is 13.8. The zero-order valence-electron chi connectivity index (χ0n) is 9.45. The first-order chi connectivity index (χ1) is 9.04. The second-order valence-electron chi connectivity index (χ2n) is 3.56. The van der Waals surface area contributed by atoms with Gasteiger partial charge in [-0.1, -0.05) is 23.2 Å². The van der Waals surface area contributed by atoms with Gasteiger partial charge in [0.25, 0.3) is 0 Å². The fourth-order valence-corrected chi connectivity index (χ4v) is 2.22. The number of hydrogen-bond acceptors (Lipinski definition) is 2. The van der Waals surface area contributed by atoms with Gasteiger partial charge in [0.1, 0.15) is 5.82 Å². The topological polar surface area (TPSA) is 37.0 Å². The molecule has 0 bridgehead atoms. The maximum absolute atomic E-state index is 6.04. The predicted octanol–water partition coefficient (Wildman–Crippen LogP) is 4.96. The molecule has 1 heterocycles. The number of halogens is 3. The van der Waals surface area contributed by atoms with Gasteiger partial charge in [-0.05, 0) is 58.5 Å². The number of nitrogens with zero attached hydrogens (tertiary/aromatic N) is 1. The molecule has 0 aliphatic carbocycles. The molecule has 0 spiro atoms. The standard InChI is InChI=1S/C12H8BrCl2N3S/c13-7-1-4-11(16-6-7)18-12(19)17-10-3-2-8(14)5-9(10)15/h1-6H,(H2,16,17,18,19). The maximum Gasteiger partial charge on any atom is 0.176 e. The minimum absolute atomic E-state index is 0.402. The van der Waals surface area contributed by atoms with Crippen molar-refractivity contribution in [1.29, 1.82) is 0 Å². The Labute approximate surface area is 134 Å². The Morgan fingerprint density at radius 1 is 1.16 bits per heavy atom. The zero-order valence-corrected chi connectivity index (χ0v) is 13.4. The first-order valence-corrected chi connectivity index (χ1v) is 7.15. The van der Waals surface area contributed by atoms with E-state index in [-0.39, 0.29) is 0 Å². The van der Waals surface area contributed by atoms with E-state index in [1.54, 1.807) is 24.4 Å². The molecule has 0 atom stereocenters. The normalized spacial score (nSPS) is 10.1. The smallest absolute Gasteiger partial charge is 0.176 e. The Morgan fingerprint density at radius 2 is 1.95 bits per heavy atom. The van der Waals surface area contributed by atoms with Crippen LogP contribution in [0.25, 0.3) is 0 Å². The summed E-state index contributed by atoms with van der Waals surface area (Å²) in [5, 5.41) is 7.41. The van der Waals surface area contributed by atoms with Crippen molar-refractivity contribution in [3.8, 4) is 0 Å². The lowest BCUT2D eigenvalue weighted by Gasteiger charge is -2.11. The molecule has 0 fully saturated rings. The minimum atomic E-state index is 0.402. The van der Waals surface area contributed by atoms with Crippen molar-refractivity contribution in [2.45, 2.75) is 0 Å². The summed E-state index contributed by atoms with van der Waals surface area (Å²) in [6, 6.07) is 8.81. The molecule has 1 aromatic heterocycles. The van der Waals surface area contributed by atoms with Gasteiger partial charge in [-0.15, -0.1) is 0 Å². The van der Waals surface area contributed by atoms with E-state index in [9.17, 15) is 0 Å². The molecule has 0 amide bonds. The number of pyridine rings is 1. The maximum atomic E-state index is 6.04. The van der Waals surface area contributed by atoms with Crippen LogP contribution in [0.1, 0.15) is 0 Å². The highest BCUT2D eigenvalue weighted by Crippen LogP contribution is 2.25. The molecule has 0 saturated carbocycles. The van der Waals surface area contributed by atoms with E-state index in [0.717, 1.165) is 4.47 Å². The molecule has 2 N–H and O–H groups in total. The van der Waals surface area contributed by atoms with Crippen LogP contribution < -0.4 is 10.6 Å². The van der Waals surface area contributed by atoms with Crippen LogP contribution in [0, 0.1) is 0 Å². The molecule has 7 heteroatoms. The summed E-state index contributed by atoms with van der Waals surface area (Å²) in [6.45, 7) is 0. The monoisotopic (exact) mass is 375 g/mol. The number of nitrogens with one attached hydrogen (secondary N) is 2. The third-order valence-corrected chi connectivity index (χ3v) is 3.37. The van der Waals surface area contributed by atoms with E-state index in [0.29, 0.717) is 26.7 Å². The summed E-state index contributed by atoms with van der Waals surface area (Å²) >= 11 is 20.4. The summed E-state index contributed by atoms with van der Waals surface area (Å²) in [6.07, 6.45) is 1.68. The predicted molar refractivity (Wildman–Crippen MR) is 88.2 cm³/mol. The van der Waals surface area contributed by atoms with Crippen molar-refractivity contribution in [3.05, 3.63) is 51.0 Å². The van der Waals surface area contributed by atoms with Gasteiger partial charge >= 0.3 is 0 Å². The average Bonchev–Trinajstić information content (AvgIpc) is 2.36. The molecule has 0 radical (unpaired) electrons. The highest BCUT2D eigenvalue weighted by atomic mass is 79.9. The van der Waals surface area contributed by atoms with Gasteiger partial charge < -0.3 is 10.6 Å². The van der Waals surface area contributed by atoms with Crippen molar-refractivity contribution < 1.29 is 0 Å². The van der Waals surface area contributed by atoms with Crippen molar-refractivity contribution in [3.63, 3.8) is 0 Å². The van der Waals surface area contributed by atoms with Crippen LogP contribution in [0.2, 0.25) is 10.0 Å². The molecule has 19 heavy (non-hydrogen) atoms. The highest BCUT2D eigenvalue weighted by Gasteiger charge is 2.04. The molecule has 2 rings (SSSR count). The van der Waals surface area contributed by atoms with E-state index in [2.05, 4.69) is 31.5 Å². The van der Waals surface area contributed by atoms with Crippen LogP contribution in [-0.2, 0) is 0 Å². The first-order valence-electron chi connectivity index (χ1n) is 5.19. The van der Waals surface area contributed by atoms with Gasteiger partial charge in [0.15, 0.2) is 5.11 Å². The second-order valence-corrected chi connectivity index (χ2v) is 5.73. The summed E-state index contributed by atoms with van der Waals surface area (Å²) in [5.74, 6) is 0.644. The average molecular weight is 377 g/mol. The van der Waals surface area contributed by atoms with Crippen LogP contribution in [0.3, 0.4) is 0 Å². The Bertz CT molecular complexity index is 604. The largest absolute Gasteiger partial charge is 0.331 e. The van der Waals surface area contributed by atoms with Gasteiger partial charge in [0.2, 0.25) is 0 Å². The van der Waals surface area contributed by atoms with E-state index in [1.807, 2.05) is 12.1 Å². The molecular weight excluding hydrogens is 369 g/mol. The third-order valence-electron chi connectivity index (χ3n) is 2.15. The van der Waals surface area contributed by atoms with Gasteiger partial charge in [-0.3, -0.25) is 0 Å². The molecule has 0 aliphatic heterocycles. The van der Waals surface area contributed by atoms with Crippen LogP contribution in [0.5, 0.6) is 0 Å². The van der Waals surface area contributed by atoms with E-state index in [1.165, 1.54) is 0 Å². The Morgan fingerprint density at radius 3 is 2.58 bits per heavy atom.